The Morgan fingerprint density at radius 1 is 1.12 bits per heavy atom. The Hall–Kier alpha value is -3.09. The van der Waals surface area contributed by atoms with Gasteiger partial charge in [0.15, 0.2) is 17.0 Å². The van der Waals surface area contributed by atoms with Crippen molar-refractivity contribution in [1.29, 1.82) is 5.26 Å². The van der Waals surface area contributed by atoms with Crippen LogP contribution >= 0.6 is 0 Å². The molecule has 33 heavy (non-hydrogen) atoms. The minimum atomic E-state index is -4.67. The maximum absolute atomic E-state index is 13.8. The molecule has 0 atom stereocenters. The molecule has 2 aliphatic carbocycles. The fourth-order valence-electron chi connectivity index (χ4n) is 5.06. The number of imidazole rings is 1. The van der Waals surface area contributed by atoms with Gasteiger partial charge in [0.1, 0.15) is 12.6 Å². The molecule has 0 aromatic carbocycles. The summed E-state index contributed by atoms with van der Waals surface area (Å²) in [5, 5.41) is 9.72. The molecule has 3 fully saturated rings. The number of fused-ring (bicyclic) bond motifs is 1. The molecule has 2 aromatic heterocycles. The van der Waals surface area contributed by atoms with Gasteiger partial charge >= 0.3 is 6.18 Å². The number of carbonyl (C=O) groups excluding carboxylic acids is 2. The minimum Gasteiger partial charge on any atom is -0.336 e. The van der Waals surface area contributed by atoms with Gasteiger partial charge in [-0.3, -0.25) is 14.0 Å². The lowest BCUT2D eigenvalue weighted by Crippen LogP contribution is -2.55. The fraction of sp³-hybridized carbons (Fsp3) is 0.565. The lowest BCUT2D eigenvalue weighted by atomic mass is 9.93. The molecule has 0 radical (unpaired) electrons. The summed E-state index contributed by atoms with van der Waals surface area (Å²) in [7, 11) is 0. The Balaban J connectivity index is 1.46. The van der Waals surface area contributed by atoms with Crippen LogP contribution in [-0.4, -0.2) is 56.7 Å². The number of hydrogen-bond donors (Lipinski definition) is 0. The van der Waals surface area contributed by atoms with E-state index in [0.717, 1.165) is 55.4 Å². The molecule has 3 heterocycles. The van der Waals surface area contributed by atoms with E-state index >= 15 is 0 Å². The first kappa shape index (κ1) is 21.7. The van der Waals surface area contributed by atoms with E-state index in [1.54, 1.807) is 0 Å². The second-order valence-electron chi connectivity index (χ2n) is 9.18. The Bertz CT molecular complexity index is 1160. The van der Waals surface area contributed by atoms with Crippen LogP contribution in [0.3, 0.4) is 0 Å². The number of aromatic nitrogens is 2. The molecule has 1 saturated heterocycles. The van der Waals surface area contributed by atoms with E-state index in [1.165, 1.54) is 11.1 Å². The van der Waals surface area contributed by atoms with Crippen LogP contribution in [0.2, 0.25) is 0 Å². The third-order valence-corrected chi connectivity index (χ3v) is 6.96. The Labute approximate surface area is 188 Å². The van der Waals surface area contributed by atoms with Crippen molar-refractivity contribution < 1.29 is 22.8 Å². The smallest absolute Gasteiger partial charge is 0.336 e. The van der Waals surface area contributed by atoms with E-state index in [1.807, 2.05) is 11.0 Å². The van der Waals surface area contributed by atoms with E-state index in [-0.39, 0.29) is 42.3 Å². The summed E-state index contributed by atoms with van der Waals surface area (Å²) >= 11 is 0. The van der Waals surface area contributed by atoms with Crippen molar-refractivity contribution in [2.24, 2.45) is 0 Å². The molecular weight excluding hydrogens is 435 g/mol. The zero-order valence-corrected chi connectivity index (χ0v) is 18.1. The van der Waals surface area contributed by atoms with Gasteiger partial charge in [0.25, 0.3) is 5.91 Å². The van der Waals surface area contributed by atoms with E-state index in [2.05, 4.69) is 4.98 Å². The molecule has 0 N–H and O–H groups in total. The number of pyridine rings is 1. The van der Waals surface area contributed by atoms with Gasteiger partial charge in [0.2, 0.25) is 5.91 Å². The standard InChI is InChI=1S/C23H24F3N5O2/c24-23(25,26)17-10-15(14-6-7-14)12-31-18(11-27)20(28-21(17)31)22(33)29-8-9-30(19(32)13-29)16-4-2-1-3-5-16/h10,12,14,16H,1-9,13H2. The van der Waals surface area contributed by atoms with Gasteiger partial charge in [-0.1, -0.05) is 19.3 Å². The number of carbonyl (C=O) groups is 2. The molecule has 7 nitrogen and oxygen atoms in total. The molecular formula is C23H24F3N5O2. The van der Waals surface area contributed by atoms with Gasteiger partial charge in [-0.2, -0.15) is 18.4 Å². The van der Waals surface area contributed by atoms with Gasteiger partial charge in [-0.25, -0.2) is 4.98 Å². The highest BCUT2D eigenvalue weighted by atomic mass is 19.4. The van der Waals surface area contributed by atoms with Crippen molar-refractivity contribution >= 4 is 17.5 Å². The second kappa shape index (κ2) is 8.04. The average Bonchev–Trinajstić information content (AvgIpc) is 3.58. The maximum atomic E-state index is 13.8. The first-order chi connectivity index (χ1) is 15.8. The SMILES string of the molecule is N#Cc1c(C(=O)N2CCN(C3CCCCC3)C(=O)C2)nc2c(C(F)(F)F)cc(C3CC3)cn12. The van der Waals surface area contributed by atoms with Crippen LogP contribution in [0.5, 0.6) is 0 Å². The topological polar surface area (TPSA) is 81.7 Å². The zero-order valence-electron chi connectivity index (χ0n) is 18.1. The highest BCUT2D eigenvalue weighted by Crippen LogP contribution is 2.43. The third-order valence-electron chi connectivity index (χ3n) is 6.96. The van der Waals surface area contributed by atoms with Crippen molar-refractivity contribution in [2.75, 3.05) is 19.6 Å². The first-order valence-corrected chi connectivity index (χ1v) is 11.4. The lowest BCUT2D eigenvalue weighted by Gasteiger charge is -2.40. The van der Waals surface area contributed by atoms with Gasteiger partial charge < -0.3 is 9.80 Å². The number of halogens is 3. The predicted molar refractivity (Wildman–Crippen MR) is 111 cm³/mol. The van der Waals surface area contributed by atoms with Gasteiger partial charge in [0, 0.05) is 25.3 Å². The molecule has 174 valence electrons. The maximum Gasteiger partial charge on any atom is 0.419 e. The third kappa shape index (κ3) is 3.94. The molecule has 5 rings (SSSR count). The van der Waals surface area contributed by atoms with Gasteiger partial charge in [0.05, 0.1) is 5.56 Å². The zero-order chi connectivity index (χ0) is 23.3. The largest absolute Gasteiger partial charge is 0.419 e. The summed E-state index contributed by atoms with van der Waals surface area (Å²) in [4.78, 5) is 33.1. The minimum absolute atomic E-state index is 0.0223. The molecule has 0 unspecified atom stereocenters. The number of hydrogen-bond acceptors (Lipinski definition) is 4. The predicted octanol–water partition coefficient (Wildman–Crippen LogP) is 3.72. The van der Waals surface area contributed by atoms with Crippen LogP contribution in [-0.2, 0) is 11.0 Å². The normalized spacial score (nSPS) is 20.4. The number of alkyl halides is 3. The molecule has 2 amide bonds. The molecule has 1 aliphatic heterocycles. The monoisotopic (exact) mass is 459 g/mol. The van der Waals surface area contributed by atoms with Crippen molar-refractivity contribution in [2.45, 2.75) is 63.1 Å². The van der Waals surface area contributed by atoms with Crippen LogP contribution in [0.15, 0.2) is 12.3 Å². The Morgan fingerprint density at radius 3 is 2.45 bits per heavy atom. The lowest BCUT2D eigenvalue weighted by molar-refractivity contribution is -0.138. The fourth-order valence-corrected chi connectivity index (χ4v) is 5.06. The highest BCUT2D eigenvalue weighted by molar-refractivity contribution is 5.98. The van der Waals surface area contributed by atoms with Crippen LogP contribution < -0.4 is 0 Å². The first-order valence-electron chi connectivity index (χ1n) is 11.4. The number of amides is 2. The van der Waals surface area contributed by atoms with Crippen LogP contribution in [0.25, 0.3) is 5.65 Å². The van der Waals surface area contributed by atoms with Crippen molar-refractivity contribution in [3.05, 3.63) is 34.8 Å². The average molecular weight is 459 g/mol. The molecule has 0 spiro atoms. The summed E-state index contributed by atoms with van der Waals surface area (Å²) in [6, 6.07) is 3.12. The quantitative estimate of drug-likeness (QED) is 0.701. The van der Waals surface area contributed by atoms with Gasteiger partial charge in [-0.05, 0) is 43.2 Å². The molecule has 2 saturated carbocycles. The van der Waals surface area contributed by atoms with E-state index in [9.17, 15) is 28.0 Å². The van der Waals surface area contributed by atoms with Crippen LogP contribution in [0.1, 0.15) is 78.2 Å². The van der Waals surface area contributed by atoms with Crippen LogP contribution in [0, 0.1) is 11.3 Å². The van der Waals surface area contributed by atoms with Crippen LogP contribution in [0.4, 0.5) is 13.2 Å². The summed E-state index contributed by atoms with van der Waals surface area (Å²) in [5.41, 5.74) is -1.50. The van der Waals surface area contributed by atoms with Gasteiger partial charge in [-0.15, -0.1) is 0 Å². The second-order valence-corrected chi connectivity index (χ2v) is 9.18. The van der Waals surface area contributed by atoms with E-state index in [4.69, 9.17) is 0 Å². The molecule has 10 heteroatoms. The number of nitrogens with zero attached hydrogens (tertiary/aromatic N) is 5. The van der Waals surface area contributed by atoms with E-state index in [0.29, 0.717) is 12.1 Å². The highest BCUT2D eigenvalue weighted by Gasteiger charge is 2.39. The van der Waals surface area contributed by atoms with Crippen molar-refractivity contribution in [1.82, 2.24) is 19.2 Å². The summed E-state index contributed by atoms with van der Waals surface area (Å²) in [6.07, 6.45) is 3.61. The van der Waals surface area contributed by atoms with Crippen molar-refractivity contribution in [3.63, 3.8) is 0 Å². The number of rotatable bonds is 3. The number of nitriles is 1. The summed E-state index contributed by atoms with van der Waals surface area (Å²) in [5.74, 6) is -0.835. The van der Waals surface area contributed by atoms with Crippen molar-refractivity contribution in [3.8, 4) is 6.07 Å². The molecule has 2 aromatic rings. The molecule has 3 aliphatic rings. The Morgan fingerprint density at radius 2 is 1.85 bits per heavy atom. The Kier molecular flexibility index (Phi) is 5.30. The number of piperazine rings is 1. The van der Waals surface area contributed by atoms with E-state index < -0.39 is 23.3 Å². The molecule has 0 bridgehead atoms. The summed E-state index contributed by atoms with van der Waals surface area (Å²) in [6.45, 7) is 0.483. The summed E-state index contributed by atoms with van der Waals surface area (Å²) < 4.78 is 42.4.